The number of aryl methyl sites for hydroxylation is 1. The lowest BCUT2D eigenvalue weighted by atomic mass is 9.93. The van der Waals surface area contributed by atoms with Gasteiger partial charge in [0.25, 0.3) is 0 Å². The van der Waals surface area contributed by atoms with Crippen LogP contribution in [0, 0.1) is 6.92 Å². The molecule has 0 aliphatic heterocycles. The molecule has 2 rings (SSSR count). The first-order valence-electron chi connectivity index (χ1n) is 6.82. The number of ether oxygens (including phenoxy) is 1. The number of carbonyl (C=O) groups excluding carboxylic acids is 1. The first kappa shape index (κ1) is 14.1. The standard InChI is InChI=1S/C14H23N3O2/c1-10-7-8-17(16-10)11(2)9-14(3,13(18)19-4)15-12-5-6-12/h7-8,11-12,15H,5-6,9H2,1-4H3. The quantitative estimate of drug-likeness (QED) is 0.797. The van der Waals surface area contributed by atoms with E-state index in [0.717, 1.165) is 18.5 Å². The Hall–Kier alpha value is -1.36. The molecule has 0 radical (unpaired) electrons. The molecule has 0 saturated heterocycles. The van der Waals surface area contributed by atoms with Crippen molar-refractivity contribution in [1.29, 1.82) is 0 Å². The van der Waals surface area contributed by atoms with Gasteiger partial charge in [0.15, 0.2) is 0 Å². The van der Waals surface area contributed by atoms with Crippen LogP contribution in [0.2, 0.25) is 0 Å². The first-order valence-corrected chi connectivity index (χ1v) is 6.82. The Labute approximate surface area is 114 Å². The molecule has 0 bridgehead atoms. The molecule has 1 fully saturated rings. The third kappa shape index (κ3) is 3.35. The predicted octanol–water partition coefficient (Wildman–Crippen LogP) is 1.83. The van der Waals surface area contributed by atoms with E-state index in [1.54, 1.807) is 0 Å². The van der Waals surface area contributed by atoms with Gasteiger partial charge in [0.1, 0.15) is 5.54 Å². The molecular weight excluding hydrogens is 242 g/mol. The van der Waals surface area contributed by atoms with Crippen LogP contribution in [0.15, 0.2) is 12.3 Å². The Bertz CT molecular complexity index is 453. The maximum Gasteiger partial charge on any atom is 0.325 e. The fourth-order valence-electron chi connectivity index (χ4n) is 2.47. The molecule has 2 atom stereocenters. The fraction of sp³-hybridized carbons (Fsp3) is 0.714. The molecule has 2 unspecified atom stereocenters. The van der Waals surface area contributed by atoms with E-state index in [0.29, 0.717) is 12.5 Å². The van der Waals surface area contributed by atoms with Gasteiger partial charge in [-0.05, 0) is 46.1 Å². The summed E-state index contributed by atoms with van der Waals surface area (Å²) in [5, 5.41) is 7.82. The normalized spacial score (nSPS) is 19.8. The van der Waals surface area contributed by atoms with Gasteiger partial charge in [-0.3, -0.25) is 14.8 Å². The molecule has 1 saturated carbocycles. The van der Waals surface area contributed by atoms with Crippen molar-refractivity contribution in [2.24, 2.45) is 0 Å². The second-order valence-electron chi connectivity index (χ2n) is 5.73. The minimum atomic E-state index is -0.644. The van der Waals surface area contributed by atoms with E-state index in [4.69, 9.17) is 4.74 Å². The largest absolute Gasteiger partial charge is 0.468 e. The molecular formula is C14H23N3O2. The van der Waals surface area contributed by atoms with E-state index in [-0.39, 0.29) is 12.0 Å². The number of nitrogens with zero attached hydrogens (tertiary/aromatic N) is 2. The van der Waals surface area contributed by atoms with Gasteiger partial charge in [0.05, 0.1) is 18.8 Å². The van der Waals surface area contributed by atoms with Crippen LogP contribution in [-0.2, 0) is 9.53 Å². The number of rotatable bonds is 6. The van der Waals surface area contributed by atoms with Crippen LogP contribution < -0.4 is 5.32 Å². The number of carbonyl (C=O) groups is 1. The lowest BCUT2D eigenvalue weighted by Gasteiger charge is -2.31. The highest BCUT2D eigenvalue weighted by Crippen LogP contribution is 2.28. The maximum atomic E-state index is 12.1. The van der Waals surface area contributed by atoms with Crippen molar-refractivity contribution in [3.05, 3.63) is 18.0 Å². The maximum absolute atomic E-state index is 12.1. The summed E-state index contributed by atoms with van der Waals surface area (Å²) >= 11 is 0. The number of esters is 1. The van der Waals surface area contributed by atoms with Crippen LogP contribution in [-0.4, -0.2) is 34.4 Å². The molecule has 5 heteroatoms. The molecule has 106 valence electrons. The van der Waals surface area contributed by atoms with Gasteiger partial charge < -0.3 is 4.74 Å². The van der Waals surface area contributed by atoms with Crippen LogP contribution >= 0.6 is 0 Å². The van der Waals surface area contributed by atoms with Crippen molar-refractivity contribution in [3.8, 4) is 0 Å². The highest BCUT2D eigenvalue weighted by molar-refractivity contribution is 5.80. The summed E-state index contributed by atoms with van der Waals surface area (Å²) in [6, 6.07) is 2.57. The zero-order valence-corrected chi connectivity index (χ0v) is 12.1. The SMILES string of the molecule is COC(=O)C(C)(CC(C)n1ccc(C)n1)NC1CC1. The van der Waals surface area contributed by atoms with Gasteiger partial charge in [-0.2, -0.15) is 5.10 Å². The van der Waals surface area contributed by atoms with Crippen LogP contribution in [0.3, 0.4) is 0 Å². The zero-order chi connectivity index (χ0) is 14.0. The minimum Gasteiger partial charge on any atom is -0.468 e. The summed E-state index contributed by atoms with van der Waals surface area (Å²) < 4.78 is 6.86. The average molecular weight is 265 g/mol. The second-order valence-corrected chi connectivity index (χ2v) is 5.73. The van der Waals surface area contributed by atoms with Gasteiger partial charge in [0, 0.05) is 12.2 Å². The molecule has 1 aromatic heterocycles. The summed E-state index contributed by atoms with van der Waals surface area (Å²) in [5.41, 5.74) is 0.344. The van der Waals surface area contributed by atoms with Gasteiger partial charge in [-0.15, -0.1) is 0 Å². The van der Waals surface area contributed by atoms with Crippen molar-refractivity contribution in [2.45, 2.75) is 57.7 Å². The van der Waals surface area contributed by atoms with E-state index in [2.05, 4.69) is 17.3 Å². The monoisotopic (exact) mass is 265 g/mol. The predicted molar refractivity (Wildman–Crippen MR) is 72.9 cm³/mol. The third-order valence-electron chi connectivity index (χ3n) is 3.63. The summed E-state index contributed by atoms with van der Waals surface area (Å²) in [6.07, 6.45) is 4.90. The van der Waals surface area contributed by atoms with Crippen LogP contribution in [0.25, 0.3) is 0 Å². The third-order valence-corrected chi connectivity index (χ3v) is 3.63. The molecule has 0 aromatic carbocycles. The van der Waals surface area contributed by atoms with E-state index < -0.39 is 5.54 Å². The number of methoxy groups -OCH3 is 1. The molecule has 1 aromatic rings. The van der Waals surface area contributed by atoms with Gasteiger partial charge in [0.2, 0.25) is 0 Å². The van der Waals surface area contributed by atoms with Gasteiger partial charge >= 0.3 is 5.97 Å². The van der Waals surface area contributed by atoms with Crippen molar-refractivity contribution in [3.63, 3.8) is 0 Å². The Morgan fingerprint density at radius 2 is 2.37 bits per heavy atom. The average Bonchev–Trinajstić information content (AvgIpc) is 3.06. The van der Waals surface area contributed by atoms with Gasteiger partial charge in [-0.25, -0.2) is 0 Å². The topological polar surface area (TPSA) is 56.2 Å². The van der Waals surface area contributed by atoms with Crippen LogP contribution in [0.4, 0.5) is 0 Å². The molecule has 0 amide bonds. The Morgan fingerprint density at radius 3 is 2.84 bits per heavy atom. The van der Waals surface area contributed by atoms with E-state index in [9.17, 15) is 4.79 Å². The van der Waals surface area contributed by atoms with Crippen LogP contribution in [0.1, 0.15) is 44.8 Å². The van der Waals surface area contributed by atoms with Crippen molar-refractivity contribution < 1.29 is 9.53 Å². The summed E-state index contributed by atoms with van der Waals surface area (Å²) in [6.45, 7) is 5.96. The Morgan fingerprint density at radius 1 is 1.68 bits per heavy atom. The van der Waals surface area contributed by atoms with Crippen LogP contribution in [0.5, 0.6) is 0 Å². The first-order chi connectivity index (χ1) is 8.94. The molecule has 19 heavy (non-hydrogen) atoms. The van der Waals surface area contributed by atoms with E-state index in [1.165, 1.54) is 7.11 Å². The Balaban J connectivity index is 2.08. The zero-order valence-electron chi connectivity index (χ0n) is 12.1. The molecule has 0 spiro atoms. The van der Waals surface area contributed by atoms with Crippen molar-refractivity contribution in [2.75, 3.05) is 7.11 Å². The summed E-state index contributed by atoms with van der Waals surface area (Å²) in [7, 11) is 1.44. The fourth-order valence-corrected chi connectivity index (χ4v) is 2.47. The summed E-state index contributed by atoms with van der Waals surface area (Å²) in [5.74, 6) is -0.199. The number of aromatic nitrogens is 2. The number of hydrogen-bond donors (Lipinski definition) is 1. The minimum absolute atomic E-state index is 0.143. The molecule has 5 nitrogen and oxygen atoms in total. The smallest absolute Gasteiger partial charge is 0.325 e. The lowest BCUT2D eigenvalue weighted by molar-refractivity contribution is -0.148. The highest BCUT2D eigenvalue weighted by atomic mass is 16.5. The van der Waals surface area contributed by atoms with Crippen molar-refractivity contribution in [1.82, 2.24) is 15.1 Å². The van der Waals surface area contributed by atoms with Gasteiger partial charge in [-0.1, -0.05) is 0 Å². The Kier molecular flexibility index (Phi) is 3.94. The summed E-state index contributed by atoms with van der Waals surface area (Å²) in [4.78, 5) is 12.1. The molecule has 1 N–H and O–H groups in total. The lowest BCUT2D eigenvalue weighted by Crippen LogP contribution is -2.52. The van der Waals surface area contributed by atoms with E-state index >= 15 is 0 Å². The second kappa shape index (κ2) is 5.33. The van der Waals surface area contributed by atoms with Crippen molar-refractivity contribution >= 4 is 5.97 Å². The highest BCUT2D eigenvalue weighted by Gasteiger charge is 2.40. The number of nitrogens with one attached hydrogen (secondary N) is 1. The molecule has 1 aliphatic carbocycles. The molecule has 1 aliphatic rings. The van der Waals surface area contributed by atoms with E-state index in [1.807, 2.05) is 30.8 Å². The number of hydrogen-bond acceptors (Lipinski definition) is 4. The molecule has 1 heterocycles.